The fraction of sp³-hybridized carbons (Fsp3) is 0.0455. The van der Waals surface area contributed by atoms with Crippen LogP contribution >= 0.6 is 0 Å². The predicted octanol–water partition coefficient (Wildman–Crippen LogP) is 1.71. The third-order valence-corrected chi connectivity index (χ3v) is 4.51. The second-order valence-corrected chi connectivity index (χ2v) is 6.63. The van der Waals surface area contributed by atoms with E-state index in [-0.39, 0.29) is 16.8 Å². The van der Waals surface area contributed by atoms with Crippen molar-refractivity contribution < 1.29 is 9.59 Å². The lowest BCUT2D eigenvalue weighted by atomic mass is 10.1. The van der Waals surface area contributed by atoms with Gasteiger partial charge in [0.25, 0.3) is 17.4 Å². The van der Waals surface area contributed by atoms with Gasteiger partial charge in [-0.1, -0.05) is 48.5 Å². The second kappa shape index (κ2) is 8.46. The summed E-state index contributed by atoms with van der Waals surface area (Å²) < 4.78 is 2.64. The molecule has 2 amide bonds. The Labute approximate surface area is 176 Å². The number of benzene rings is 2. The van der Waals surface area contributed by atoms with E-state index in [9.17, 15) is 14.4 Å². The van der Waals surface area contributed by atoms with E-state index < -0.39 is 11.8 Å². The number of aromatic nitrogens is 4. The van der Waals surface area contributed by atoms with Gasteiger partial charge in [-0.25, -0.2) is 9.36 Å². The van der Waals surface area contributed by atoms with Crippen LogP contribution in [0, 0.1) is 0 Å². The number of hydrogen-bond acceptors (Lipinski definition) is 5. The third kappa shape index (κ3) is 4.25. The van der Waals surface area contributed by atoms with Crippen molar-refractivity contribution in [3.63, 3.8) is 0 Å². The Balaban J connectivity index is 1.60. The number of nitrogens with zero attached hydrogens (tertiary/aromatic N) is 4. The Morgan fingerprint density at radius 2 is 1.45 bits per heavy atom. The highest BCUT2D eigenvalue weighted by atomic mass is 16.2. The summed E-state index contributed by atoms with van der Waals surface area (Å²) in [5.74, 6) is -1.19. The Bertz CT molecular complexity index is 1300. The van der Waals surface area contributed by atoms with Crippen LogP contribution in [0.15, 0.2) is 83.8 Å². The number of rotatable bonds is 4. The van der Waals surface area contributed by atoms with Crippen molar-refractivity contribution in [2.24, 2.45) is 7.05 Å². The largest absolute Gasteiger partial charge is 0.290 e. The second-order valence-electron chi connectivity index (χ2n) is 6.63. The van der Waals surface area contributed by atoms with E-state index in [2.05, 4.69) is 21.0 Å². The zero-order valence-corrected chi connectivity index (χ0v) is 16.5. The van der Waals surface area contributed by atoms with Gasteiger partial charge in [-0.15, -0.1) is 0 Å². The average molecular weight is 414 g/mol. The molecule has 31 heavy (non-hydrogen) atoms. The van der Waals surface area contributed by atoms with Gasteiger partial charge in [-0.2, -0.15) is 10.2 Å². The molecule has 4 rings (SSSR count). The van der Waals surface area contributed by atoms with Crippen LogP contribution in [0.5, 0.6) is 0 Å². The molecular weight excluding hydrogens is 396 g/mol. The van der Waals surface area contributed by atoms with Crippen molar-refractivity contribution in [1.82, 2.24) is 30.4 Å². The highest BCUT2D eigenvalue weighted by Crippen LogP contribution is 2.23. The van der Waals surface area contributed by atoms with E-state index in [4.69, 9.17) is 0 Å². The SMILES string of the molecule is Cn1nc(C(=O)NNC(=O)c2cn(-c3ccccc3)nc2-c2ccccc2)ccc1=O. The van der Waals surface area contributed by atoms with Gasteiger partial charge in [0.2, 0.25) is 0 Å². The number of carbonyl (C=O) groups excluding carboxylic acids is 2. The van der Waals surface area contributed by atoms with E-state index in [1.807, 2.05) is 60.7 Å². The van der Waals surface area contributed by atoms with Gasteiger partial charge >= 0.3 is 0 Å². The van der Waals surface area contributed by atoms with Crippen molar-refractivity contribution in [1.29, 1.82) is 0 Å². The minimum atomic E-state index is -0.652. The summed E-state index contributed by atoms with van der Waals surface area (Å²) in [6.07, 6.45) is 1.60. The van der Waals surface area contributed by atoms with E-state index in [1.165, 1.54) is 19.2 Å². The average Bonchev–Trinajstić information content (AvgIpc) is 3.26. The lowest BCUT2D eigenvalue weighted by Gasteiger charge is -2.07. The molecule has 9 nitrogen and oxygen atoms in total. The van der Waals surface area contributed by atoms with Crippen molar-refractivity contribution in [2.45, 2.75) is 0 Å². The first-order valence-corrected chi connectivity index (χ1v) is 9.38. The number of hydrogen-bond donors (Lipinski definition) is 2. The number of carbonyl (C=O) groups is 2. The first-order chi connectivity index (χ1) is 15.0. The Morgan fingerprint density at radius 3 is 2.13 bits per heavy atom. The quantitative estimate of drug-likeness (QED) is 0.494. The van der Waals surface area contributed by atoms with Gasteiger partial charge in [0.05, 0.1) is 11.3 Å². The summed E-state index contributed by atoms with van der Waals surface area (Å²) in [4.78, 5) is 36.6. The van der Waals surface area contributed by atoms with Crippen LogP contribution in [0.1, 0.15) is 20.8 Å². The fourth-order valence-corrected chi connectivity index (χ4v) is 2.93. The van der Waals surface area contributed by atoms with Crippen LogP contribution in [0.25, 0.3) is 16.9 Å². The van der Waals surface area contributed by atoms with Gasteiger partial charge in [-0.05, 0) is 18.2 Å². The first-order valence-electron chi connectivity index (χ1n) is 9.38. The number of para-hydroxylation sites is 1. The summed E-state index contributed by atoms with van der Waals surface area (Å²) in [5, 5.41) is 8.43. The molecule has 9 heteroatoms. The van der Waals surface area contributed by atoms with Gasteiger partial charge in [0.1, 0.15) is 5.69 Å². The van der Waals surface area contributed by atoms with Crippen molar-refractivity contribution in [2.75, 3.05) is 0 Å². The molecule has 0 spiro atoms. The Morgan fingerprint density at radius 1 is 0.806 bits per heavy atom. The normalized spacial score (nSPS) is 10.5. The van der Waals surface area contributed by atoms with E-state index in [1.54, 1.807) is 10.9 Å². The van der Waals surface area contributed by atoms with Crippen LogP contribution in [0.2, 0.25) is 0 Å². The number of hydrazine groups is 1. The van der Waals surface area contributed by atoms with Crippen LogP contribution in [-0.2, 0) is 7.05 Å². The van der Waals surface area contributed by atoms with Crippen molar-refractivity contribution >= 4 is 11.8 Å². The molecule has 0 aliphatic rings. The summed E-state index contributed by atoms with van der Waals surface area (Å²) in [7, 11) is 1.43. The monoisotopic (exact) mass is 414 g/mol. The van der Waals surface area contributed by atoms with Gasteiger partial charge in [0.15, 0.2) is 5.69 Å². The molecule has 2 N–H and O–H groups in total. The molecule has 4 aromatic rings. The summed E-state index contributed by atoms with van der Waals surface area (Å²) in [5.41, 5.74) is 6.65. The van der Waals surface area contributed by atoms with Crippen LogP contribution in [0.4, 0.5) is 0 Å². The van der Waals surface area contributed by atoms with Crippen molar-refractivity contribution in [3.05, 3.63) is 101 Å². The van der Waals surface area contributed by atoms with E-state index >= 15 is 0 Å². The molecule has 0 atom stereocenters. The maximum absolute atomic E-state index is 12.9. The summed E-state index contributed by atoms with van der Waals surface area (Å²) in [6, 6.07) is 21.2. The van der Waals surface area contributed by atoms with Gasteiger partial charge in [0, 0.05) is 24.9 Å². The molecule has 0 saturated carbocycles. The van der Waals surface area contributed by atoms with Crippen molar-refractivity contribution in [3.8, 4) is 16.9 Å². The third-order valence-electron chi connectivity index (χ3n) is 4.51. The molecule has 0 bridgehead atoms. The molecule has 0 aliphatic carbocycles. The van der Waals surface area contributed by atoms with Crippen LogP contribution < -0.4 is 16.4 Å². The zero-order chi connectivity index (χ0) is 21.8. The molecule has 0 aliphatic heterocycles. The molecule has 2 aromatic heterocycles. The standard InChI is InChI=1S/C22H18N6O3/c1-27-19(29)13-12-18(25-27)22(31)24-23-21(30)17-14-28(16-10-6-3-7-11-16)26-20(17)15-8-4-2-5-9-15/h2-14H,1H3,(H,23,30)(H,24,31). The zero-order valence-electron chi connectivity index (χ0n) is 16.5. The highest BCUT2D eigenvalue weighted by molar-refractivity contribution is 6.01. The lowest BCUT2D eigenvalue weighted by molar-refractivity contribution is 0.0843. The van der Waals surface area contributed by atoms with Crippen LogP contribution in [-0.4, -0.2) is 31.4 Å². The molecule has 2 heterocycles. The van der Waals surface area contributed by atoms with E-state index in [0.29, 0.717) is 5.69 Å². The summed E-state index contributed by atoms with van der Waals surface area (Å²) >= 11 is 0. The maximum Gasteiger partial charge on any atom is 0.290 e. The number of aryl methyl sites for hydroxylation is 1. The molecule has 0 radical (unpaired) electrons. The number of amides is 2. The predicted molar refractivity (Wildman–Crippen MR) is 113 cm³/mol. The Hall–Kier alpha value is -4.53. The smallest absolute Gasteiger partial charge is 0.268 e. The lowest BCUT2D eigenvalue weighted by Crippen LogP contribution is -2.42. The topological polar surface area (TPSA) is 111 Å². The number of nitrogens with one attached hydrogen (secondary N) is 2. The van der Waals surface area contributed by atoms with E-state index in [0.717, 1.165) is 15.9 Å². The fourth-order valence-electron chi connectivity index (χ4n) is 2.93. The highest BCUT2D eigenvalue weighted by Gasteiger charge is 2.19. The Kier molecular flexibility index (Phi) is 5.39. The maximum atomic E-state index is 12.9. The molecule has 0 fully saturated rings. The molecule has 154 valence electrons. The molecule has 0 unspecified atom stereocenters. The van der Waals surface area contributed by atoms with Gasteiger partial charge < -0.3 is 0 Å². The van der Waals surface area contributed by atoms with Gasteiger partial charge in [-0.3, -0.25) is 25.2 Å². The molecule has 0 saturated heterocycles. The molecule has 2 aromatic carbocycles. The minimum Gasteiger partial charge on any atom is -0.268 e. The minimum absolute atomic E-state index is 0.00864. The molecular formula is C22H18N6O3. The first kappa shape index (κ1) is 19.8. The summed E-state index contributed by atoms with van der Waals surface area (Å²) in [6.45, 7) is 0. The van der Waals surface area contributed by atoms with Crippen LogP contribution in [0.3, 0.4) is 0 Å².